The fourth-order valence-corrected chi connectivity index (χ4v) is 1.05. The lowest BCUT2D eigenvalue weighted by Gasteiger charge is -2.08. The zero-order chi connectivity index (χ0) is 10.6. The fourth-order valence-electron chi connectivity index (χ4n) is 0.939. The summed E-state index contributed by atoms with van der Waals surface area (Å²) in [4.78, 5) is 11.2. The predicted molar refractivity (Wildman–Crippen MR) is 58.0 cm³/mol. The van der Waals surface area contributed by atoms with Gasteiger partial charge in [0.05, 0.1) is 4.83 Å². The molecular weight excluding hydrogens is 249 g/mol. The molecule has 0 radical (unpaired) electrons. The smallest absolute Gasteiger partial charge is 0.238 e. The molecule has 0 bridgehead atoms. The third-order valence-electron chi connectivity index (χ3n) is 1.75. The minimum absolute atomic E-state index is 0.112. The summed E-state index contributed by atoms with van der Waals surface area (Å²) in [6.45, 7) is 1.91. The van der Waals surface area contributed by atoms with Gasteiger partial charge >= 0.3 is 0 Å². The van der Waals surface area contributed by atoms with E-state index in [9.17, 15) is 9.18 Å². The van der Waals surface area contributed by atoms with Gasteiger partial charge in [0.25, 0.3) is 0 Å². The van der Waals surface area contributed by atoms with Crippen LogP contribution in [-0.4, -0.2) is 10.7 Å². The highest BCUT2D eigenvalue weighted by Crippen LogP contribution is 2.11. The molecule has 4 heteroatoms. The van der Waals surface area contributed by atoms with Crippen molar-refractivity contribution in [3.05, 3.63) is 30.1 Å². The van der Waals surface area contributed by atoms with Crippen molar-refractivity contribution in [1.82, 2.24) is 0 Å². The minimum atomic E-state index is -0.311. The molecule has 1 N–H and O–H groups in total. The Hall–Kier alpha value is -0.900. The van der Waals surface area contributed by atoms with Crippen LogP contribution in [0.2, 0.25) is 0 Å². The minimum Gasteiger partial charge on any atom is -0.325 e. The summed E-state index contributed by atoms with van der Waals surface area (Å²) in [5.74, 6) is -0.423. The molecule has 1 amide bonds. The second-order valence-electron chi connectivity index (χ2n) is 2.87. The molecule has 1 rings (SSSR count). The molecular formula is C10H11BrFNO. The van der Waals surface area contributed by atoms with Gasteiger partial charge < -0.3 is 5.32 Å². The zero-order valence-corrected chi connectivity index (χ0v) is 9.34. The van der Waals surface area contributed by atoms with Crippen molar-refractivity contribution in [2.75, 3.05) is 5.32 Å². The molecule has 0 fully saturated rings. The molecule has 1 atom stereocenters. The van der Waals surface area contributed by atoms with Gasteiger partial charge in [-0.25, -0.2) is 4.39 Å². The van der Waals surface area contributed by atoms with Crippen LogP contribution in [0.3, 0.4) is 0 Å². The number of rotatable bonds is 3. The van der Waals surface area contributed by atoms with Crippen molar-refractivity contribution in [2.24, 2.45) is 0 Å². The highest BCUT2D eigenvalue weighted by Gasteiger charge is 2.11. The zero-order valence-electron chi connectivity index (χ0n) is 7.76. The Balaban J connectivity index is 2.60. The first kappa shape index (κ1) is 11.2. The summed E-state index contributed by atoms with van der Waals surface area (Å²) >= 11 is 3.23. The van der Waals surface area contributed by atoms with Crippen LogP contribution in [-0.2, 0) is 4.79 Å². The summed E-state index contributed by atoms with van der Waals surface area (Å²) in [6, 6.07) is 5.68. The van der Waals surface area contributed by atoms with Crippen LogP contribution in [0, 0.1) is 5.82 Å². The third-order valence-corrected chi connectivity index (χ3v) is 2.82. The summed E-state index contributed by atoms with van der Waals surface area (Å²) in [6.07, 6.45) is 0.715. The van der Waals surface area contributed by atoms with E-state index in [1.54, 1.807) is 0 Å². The topological polar surface area (TPSA) is 29.1 Å². The van der Waals surface area contributed by atoms with Crippen molar-refractivity contribution in [3.63, 3.8) is 0 Å². The largest absolute Gasteiger partial charge is 0.325 e. The molecule has 0 aromatic heterocycles. The van der Waals surface area contributed by atoms with Crippen LogP contribution in [0.4, 0.5) is 10.1 Å². The van der Waals surface area contributed by atoms with E-state index in [-0.39, 0.29) is 16.6 Å². The normalized spacial score (nSPS) is 12.2. The number of carbonyl (C=O) groups is 1. The van der Waals surface area contributed by atoms with E-state index in [1.807, 2.05) is 6.92 Å². The van der Waals surface area contributed by atoms with E-state index >= 15 is 0 Å². The quantitative estimate of drug-likeness (QED) is 0.832. The third kappa shape index (κ3) is 3.10. The number of carbonyl (C=O) groups excluding carboxylic acids is 1. The van der Waals surface area contributed by atoms with Gasteiger partial charge in [0, 0.05) is 5.69 Å². The number of hydrogen-bond donors (Lipinski definition) is 1. The van der Waals surface area contributed by atoms with Gasteiger partial charge in [-0.15, -0.1) is 0 Å². The standard InChI is InChI=1S/C10H11BrFNO/c1-2-9(11)10(14)13-8-5-3-7(12)4-6-8/h3-6,9H,2H2,1H3,(H,13,14)/t9-/m1/s1. The average Bonchev–Trinajstić information content (AvgIpc) is 2.20. The molecule has 0 aliphatic carbocycles. The average molecular weight is 260 g/mol. The molecule has 2 nitrogen and oxygen atoms in total. The monoisotopic (exact) mass is 259 g/mol. The van der Waals surface area contributed by atoms with Gasteiger partial charge in [0.15, 0.2) is 0 Å². The van der Waals surface area contributed by atoms with Crippen molar-refractivity contribution in [3.8, 4) is 0 Å². The number of halogens is 2. The fraction of sp³-hybridized carbons (Fsp3) is 0.300. The summed E-state index contributed by atoms with van der Waals surface area (Å²) in [5.41, 5.74) is 0.606. The molecule has 1 aromatic rings. The summed E-state index contributed by atoms with van der Waals surface area (Å²) in [5, 5.41) is 2.67. The number of amides is 1. The molecule has 0 unspecified atom stereocenters. The number of alkyl halides is 1. The van der Waals surface area contributed by atoms with Crippen LogP contribution >= 0.6 is 15.9 Å². The van der Waals surface area contributed by atoms with Crippen molar-refractivity contribution >= 4 is 27.5 Å². The summed E-state index contributed by atoms with van der Waals surface area (Å²) < 4.78 is 12.5. The Morgan fingerprint density at radius 2 is 2.07 bits per heavy atom. The maximum Gasteiger partial charge on any atom is 0.238 e. The molecule has 0 saturated heterocycles. The highest BCUT2D eigenvalue weighted by molar-refractivity contribution is 9.10. The Kier molecular flexibility index (Phi) is 4.07. The Bertz CT molecular complexity index is 312. The van der Waals surface area contributed by atoms with Crippen LogP contribution < -0.4 is 5.32 Å². The Morgan fingerprint density at radius 1 is 1.50 bits per heavy atom. The highest BCUT2D eigenvalue weighted by atomic mass is 79.9. The van der Waals surface area contributed by atoms with E-state index in [0.717, 1.165) is 0 Å². The van der Waals surface area contributed by atoms with E-state index in [4.69, 9.17) is 0 Å². The van der Waals surface area contributed by atoms with Crippen LogP contribution in [0.15, 0.2) is 24.3 Å². The Labute approximate surface area is 90.6 Å². The molecule has 76 valence electrons. The van der Waals surface area contributed by atoms with Crippen molar-refractivity contribution in [2.45, 2.75) is 18.2 Å². The first-order valence-electron chi connectivity index (χ1n) is 4.34. The molecule has 0 heterocycles. The number of hydrogen-bond acceptors (Lipinski definition) is 1. The number of benzene rings is 1. The van der Waals surface area contributed by atoms with Gasteiger partial charge in [-0.05, 0) is 30.7 Å². The van der Waals surface area contributed by atoms with Gasteiger partial charge in [-0.3, -0.25) is 4.79 Å². The maximum atomic E-state index is 12.5. The van der Waals surface area contributed by atoms with Crippen molar-refractivity contribution < 1.29 is 9.18 Å². The van der Waals surface area contributed by atoms with Crippen LogP contribution in [0.5, 0.6) is 0 Å². The predicted octanol–water partition coefficient (Wildman–Crippen LogP) is 2.94. The van der Waals surface area contributed by atoms with E-state index in [0.29, 0.717) is 12.1 Å². The first-order chi connectivity index (χ1) is 6.63. The van der Waals surface area contributed by atoms with E-state index in [2.05, 4.69) is 21.2 Å². The first-order valence-corrected chi connectivity index (χ1v) is 5.25. The molecule has 0 spiro atoms. The molecule has 0 saturated carbocycles. The van der Waals surface area contributed by atoms with Gasteiger partial charge in [-0.2, -0.15) is 0 Å². The second-order valence-corrected chi connectivity index (χ2v) is 3.98. The molecule has 1 aromatic carbocycles. The van der Waals surface area contributed by atoms with Gasteiger partial charge in [0.1, 0.15) is 5.82 Å². The van der Waals surface area contributed by atoms with E-state index < -0.39 is 0 Å². The number of nitrogens with one attached hydrogen (secondary N) is 1. The van der Waals surface area contributed by atoms with Crippen LogP contribution in [0.25, 0.3) is 0 Å². The number of anilines is 1. The summed E-state index contributed by atoms with van der Waals surface area (Å²) in [7, 11) is 0. The van der Waals surface area contributed by atoms with Gasteiger partial charge in [0.2, 0.25) is 5.91 Å². The second kappa shape index (κ2) is 5.10. The van der Waals surface area contributed by atoms with Crippen LogP contribution in [0.1, 0.15) is 13.3 Å². The van der Waals surface area contributed by atoms with Gasteiger partial charge in [-0.1, -0.05) is 22.9 Å². The SMILES string of the molecule is CC[C@@H](Br)C(=O)Nc1ccc(F)cc1. The lowest BCUT2D eigenvalue weighted by Crippen LogP contribution is -2.21. The maximum absolute atomic E-state index is 12.5. The lowest BCUT2D eigenvalue weighted by molar-refractivity contribution is -0.115. The molecule has 0 aliphatic heterocycles. The lowest BCUT2D eigenvalue weighted by atomic mass is 10.3. The molecule has 14 heavy (non-hydrogen) atoms. The van der Waals surface area contributed by atoms with E-state index in [1.165, 1.54) is 24.3 Å². The molecule has 0 aliphatic rings. The van der Waals surface area contributed by atoms with Crippen molar-refractivity contribution in [1.29, 1.82) is 0 Å². The Morgan fingerprint density at radius 3 is 2.57 bits per heavy atom.